The molecule has 0 aliphatic heterocycles. The minimum Gasteiger partial charge on any atom is -0.508 e. The van der Waals surface area contributed by atoms with E-state index in [0.29, 0.717) is 36.5 Å². The molecule has 0 radical (unpaired) electrons. The number of benzene rings is 2. The summed E-state index contributed by atoms with van der Waals surface area (Å²) in [5.41, 5.74) is 3.90. The number of phenols is 1. The number of aromatic hydroxyl groups is 1. The molecule has 3 aliphatic rings. The van der Waals surface area contributed by atoms with Crippen LogP contribution >= 0.6 is 0 Å². The van der Waals surface area contributed by atoms with Gasteiger partial charge in [0.1, 0.15) is 28.6 Å². The van der Waals surface area contributed by atoms with Gasteiger partial charge in [-0.15, -0.1) is 0 Å². The number of phenolic OH excluding ortho intramolecular Hbond substituents is 1. The highest BCUT2D eigenvalue weighted by Gasteiger charge is 2.64. The molecule has 1 amide bonds. The fourth-order valence-electron chi connectivity index (χ4n) is 7.79. The van der Waals surface area contributed by atoms with E-state index in [0.717, 1.165) is 0 Å². The Morgan fingerprint density at radius 1 is 1.13 bits per heavy atom. The van der Waals surface area contributed by atoms with Gasteiger partial charge in [-0.1, -0.05) is 51.1 Å². The van der Waals surface area contributed by atoms with E-state index in [1.54, 1.807) is 14.1 Å². The van der Waals surface area contributed by atoms with Crippen LogP contribution in [-0.2, 0) is 32.8 Å². The maximum atomic E-state index is 14.1. The lowest BCUT2D eigenvalue weighted by molar-refractivity contribution is -0.153. The third-order valence-electron chi connectivity index (χ3n) is 9.97. The molecule has 0 unspecified atom stereocenters. The zero-order valence-electron chi connectivity index (χ0n) is 27.1. The van der Waals surface area contributed by atoms with Gasteiger partial charge >= 0.3 is 0 Å². The fraction of sp³-hybridized carbons (Fsp3) is 0.457. The summed E-state index contributed by atoms with van der Waals surface area (Å²) in [5.74, 6) is -6.41. The first-order valence-electron chi connectivity index (χ1n) is 15.4. The third-order valence-corrected chi connectivity index (χ3v) is 9.97. The molecule has 0 aromatic heterocycles. The number of Topliss-reactive ketones (excluding diaryl/α,β-unsaturated/α-hetero) is 2. The first-order valence-corrected chi connectivity index (χ1v) is 15.4. The van der Waals surface area contributed by atoms with Gasteiger partial charge in [0.15, 0.2) is 11.4 Å². The number of ether oxygens (including phenoxy) is 1. The van der Waals surface area contributed by atoms with Gasteiger partial charge in [0.05, 0.1) is 18.7 Å². The summed E-state index contributed by atoms with van der Waals surface area (Å²) in [7, 11) is 4.65. The monoisotopic (exact) mass is 633 g/mol. The molecule has 5 rings (SSSR count). The predicted molar refractivity (Wildman–Crippen MR) is 171 cm³/mol. The molecule has 0 bridgehead atoms. The number of nitrogens with zero attached hydrogens (tertiary/aromatic N) is 2. The van der Waals surface area contributed by atoms with Gasteiger partial charge in [-0.2, -0.15) is 0 Å². The van der Waals surface area contributed by atoms with Crippen molar-refractivity contribution in [2.45, 2.75) is 57.2 Å². The van der Waals surface area contributed by atoms with Crippen molar-refractivity contribution in [3.05, 3.63) is 75.6 Å². The van der Waals surface area contributed by atoms with Crippen molar-refractivity contribution in [1.29, 1.82) is 0 Å². The van der Waals surface area contributed by atoms with Crippen LogP contribution in [0.1, 0.15) is 49.4 Å². The number of ketones is 2. The number of primary amides is 1. The highest BCUT2D eigenvalue weighted by molar-refractivity contribution is 6.24. The smallest absolute Gasteiger partial charge is 0.255 e. The third kappa shape index (κ3) is 5.06. The molecule has 2 aromatic rings. The van der Waals surface area contributed by atoms with Crippen molar-refractivity contribution in [3.8, 4) is 11.5 Å². The summed E-state index contributed by atoms with van der Waals surface area (Å²) >= 11 is 0. The molecular weight excluding hydrogens is 590 g/mol. The number of likely N-dealkylation sites (N-methyl/N-ethyl adjacent to an activating group) is 2. The first-order chi connectivity index (χ1) is 21.6. The molecule has 0 saturated heterocycles. The Balaban J connectivity index is 1.58. The Morgan fingerprint density at radius 2 is 1.78 bits per heavy atom. The summed E-state index contributed by atoms with van der Waals surface area (Å²) in [5, 5.41) is 45.7. The summed E-state index contributed by atoms with van der Waals surface area (Å²) in [4.78, 5) is 43.4. The predicted octanol–water partition coefficient (Wildman–Crippen LogP) is 2.77. The number of rotatable bonds is 9. The van der Waals surface area contributed by atoms with Gasteiger partial charge in [0, 0.05) is 41.1 Å². The van der Waals surface area contributed by atoms with Crippen LogP contribution in [0, 0.1) is 11.8 Å². The number of carbonyl (C=O) groups excluding carboxylic acids is 3. The fourth-order valence-corrected chi connectivity index (χ4v) is 7.79. The standard InChI is InChI=1S/C35H43N3O8/c1-7-38(17-34(2,3)20-11-9-8-10-12-20)16-19-15-23(39)25-21(30(19)46-6)13-18-14-22-27(37(4)5)29(41)26(33(36)44)32(43)35(22,45)31(42)24(18)28(25)40/h8-12,15,18,22,27,39-40,43,45H,7,13-14,16-17H2,1-6H3,(H2,36,44)/t18-,22-,27-,35-/m0/s1. The van der Waals surface area contributed by atoms with Crippen LogP contribution in [0.15, 0.2) is 53.3 Å². The molecule has 0 spiro atoms. The largest absolute Gasteiger partial charge is 0.508 e. The number of fused-ring (bicyclic) bond motifs is 3. The number of amides is 1. The number of nitrogens with two attached hydrogens (primary N) is 1. The van der Waals surface area contributed by atoms with E-state index < -0.39 is 58.0 Å². The number of carbonyl (C=O) groups is 3. The molecule has 0 heterocycles. The van der Waals surface area contributed by atoms with E-state index in [-0.39, 0.29) is 35.1 Å². The lowest BCUT2D eigenvalue weighted by atomic mass is 9.57. The van der Waals surface area contributed by atoms with E-state index >= 15 is 0 Å². The van der Waals surface area contributed by atoms with E-state index in [9.17, 15) is 34.8 Å². The van der Waals surface area contributed by atoms with Crippen molar-refractivity contribution < 1.29 is 39.5 Å². The minimum atomic E-state index is -2.68. The summed E-state index contributed by atoms with van der Waals surface area (Å²) in [6.45, 7) is 8.27. The molecule has 11 heteroatoms. The second kappa shape index (κ2) is 11.9. The van der Waals surface area contributed by atoms with Gasteiger partial charge in [-0.05, 0) is 51.0 Å². The number of aliphatic hydroxyl groups excluding tert-OH is 2. The van der Waals surface area contributed by atoms with Crippen LogP contribution in [0.3, 0.4) is 0 Å². The molecule has 4 atom stereocenters. The molecule has 46 heavy (non-hydrogen) atoms. The van der Waals surface area contributed by atoms with Crippen molar-refractivity contribution in [2.24, 2.45) is 17.6 Å². The molecule has 246 valence electrons. The Labute approximate surface area is 268 Å². The number of aliphatic hydroxyl groups is 3. The van der Waals surface area contributed by atoms with Crippen LogP contribution in [0.2, 0.25) is 0 Å². The van der Waals surface area contributed by atoms with Gasteiger partial charge < -0.3 is 30.9 Å². The Bertz CT molecular complexity index is 1660. The Morgan fingerprint density at radius 3 is 2.35 bits per heavy atom. The minimum absolute atomic E-state index is 0.00422. The second-order valence-electron chi connectivity index (χ2n) is 13.5. The molecule has 2 aromatic carbocycles. The SMILES string of the molecule is CCN(Cc1cc(O)c2c(c1OC)C[C@H]1C[C@H]3[C@H](N(C)C)C(=O)C(C(N)=O)=C(O)[C@@]3(O)C(=O)C1=C2O)CC(C)(C)c1ccccc1. The quantitative estimate of drug-likeness (QED) is 0.258. The lowest BCUT2D eigenvalue weighted by Gasteiger charge is -2.50. The van der Waals surface area contributed by atoms with Crippen LogP contribution in [-0.4, -0.2) is 93.6 Å². The summed E-state index contributed by atoms with van der Waals surface area (Å²) < 4.78 is 5.91. The highest BCUT2D eigenvalue weighted by Crippen LogP contribution is 2.54. The van der Waals surface area contributed by atoms with E-state index in [2.05, 4.69) is 37.8 Å². The molecule has 11 nitrogen and oxygen atoms in total. The Kier molecular flexibility index (Phi) is 8.56. The average molecular weight is 634 g/mol. The maximum absolute atomic E-state index is 14.1. The van der Waals surface area contributed by atoms with Crippen molar-refractivity contribution in [1.82, 2.24) is 9.80 Å². The van der Waals surface area contributed by atoms with Gasteiger partial charge in [-0.3, -0.25) is 24.2 Å². The van der Waals surface area contributed by atoms with Crippen molar-refractivity contribution in [2.75, 3.05) is 34.3 Å². The van der Waals surface area contributed by atoms with Gasteiger partial charge in [0.25, 0.3) is 5.91 Å². The molecule has 1 saturated carbocycles. The van der Waals surface area contributed by atoms with Crippen LogP contribution in [0.25, 0.3) is 5.76 Å². The van der Waals surface area contributed by atoms with E-state index in [4.69, 9.17) is 10.5 Å². The maximum Gasteiger partial charge on any atom is 0.255 e. The number of hydrogen-bond acceptors (Lipinski definition) is 10. The average Bonchev–Trinajstić information content (AvgIpc) is 2.98. The normalized spacial score (nSPS) is 24.7. The van der Waals surface area contributed by atoms with Crippen molar-refractivity contribution in [3.63, 3.8) is 0 Å². The number of methoxy groups -OCH3 is 1. The molecule has 1 fully saturated rings. The van der Waals surface area contributed by atoms with E-state index in [1.165, 1.54) is 23.6 Å². The van der Waals surface area contributed by atoms with Gasteiger partial charge in [0.2, 0.25) is 5.78 Å². The van der Waals surface area contributed by atoms with Crippen LogP contribution in [0.5, 0.6) is 11.5 Å². The zero-order chi connectivity index (χ0) is 33.9. The second-order valence-corrected chi connectivity index (χ2v) is 13.5. The van der Waals surface area contributed by atoms with Crippen LogP contribution in [0.4, 0.5) is 0 Å². The number of hydrogen-bond donors (Lipinski definition) is 5. The summed E-state index contributed by atoms with van der Waals surface area (Å²) in [6.07, 6.45) is 0.160. The zero-order valence-corrected chi connectivity index (χ0v) is 27.1. The van der Waals surface area contributed by atoms with Crippen molar-refractivity contribution >= 4 is 23.2 Å². The van der Waals surface area contributed by atoms with E-state index in [1.807, 2.05) is 18.2 Å². The summed E-state index contributed by atoms with van der Waals surface area (Å²) in [6, 6.07) is 10.6. The van der Waals surface area contributed by atoms with Gasteiger partial charge in [-0.25, -0.2) is 0 Å². The van der Waals surface area contributed by atoms with Crippen LogP contribution < -0.4 is 10.5 Å². The molecule has 3 aliphatic carbocycles. The molecular formula is C35H43N3O8. The molecule has 6 N–H and O–H groups in total. The first kappa shape index (κ1) is 33.2. The Hall–Kier alpha value is -4.19. The highest BCUT2D eigenvalue weighted by atomic mass is 16.5. The lowest BCUT2D eigenvalue weighted by Crippen LogP contribution is -2.65. The topological polar surface area (TPSA) is 174 Å².